The van der Waals surface area contributed by atoms with Gasteiger partial charge in [-0.25, -0.2) is 4.39 Å². The van der Waals surface area contributed by atoms with E-state index in [0.29, 0.717) is 0 Å². The zero-order valence-electron chi connectivity index (χ0n) is 14.1. The third-order valence-corrected chi connectivity index (χ3v) is 5.10. The monoisotopic (exact) mass is 333 g/mol. The summed E-state index contributed by atoms with van der Waals surface area (Å²) in [4.78, 5) is 3.01. The Morgan fingerprint density at radius 3 is 2.48 bits per heavy atom. The van der Waals surface area contributed by atoms with Crippen molar-refractivity contribution in [3.05, 3.63) is 63.6 Å². The van der Waals surface area contributed by atoms with Gasteiger partial charge < -0.3 is 10.0 Å². The molecule has 0 aliphatic rings. The van der Waals surface area contributed by atoms with E-state index in [9.17, 15) is 9.50 Å². The summed E-state index contributed by atoms with van der Waals surface area (Å²) in [7, 11) is 4.01. The van der Waals surface area contributed by atoms with E-state index in [1.165, 1.54) is 12.1 Å². The van der Waals surface area contributed by atoms with Crippen LogP contribution in [0, 0.1) is 11.7 Å². The minimum atomic E-state index is -1.03. The number of nitrogens with zero attached hydrogens (tertiary/aromatic N) is 1. The Morgan fingerprint density at radius 1 is 1.30 bits per heavy atom. The molecule has 0 saturated carbocycles. The molecule has 0 spiro atoms. The number of halogens is 1. The van der Waals surface area contributed by atoms with Crippen molar-refractivity contribution in [1.29, 1.82) is 0 Å². The Balaban J connectivity index is 2.42. The molecule has 2 nitrogen and oxygen atoms in total. The average Bonchev–Trinajstić information content (AvgIpc) is 3.02. The summed E-state index contributed by atoms with van der Waals surface area (Å²) in [6.45, 7) is 4.76. The molecule has 1 heterocycles. The third kappa shape index (κ3) is 4.08. The van der Waals surface area contributed by atoms with Crippen molar-refractivity contribution >= 4 is 17.4 Å². The quantitative estimate of drug-likeness (QED) is 0.848. The Bertz CT molecular complexity index is 649. The summed E-state index contributed by atoms with van der Waals surface area (Å²) in [6.07, 6.45) is 1.94. The minimum Gasteiger partial charge on any atom is -0.380 e. The van der Waals surface area contributed by atoms with E-state index in [4.69, 9.17) is 0 Å². The first-order chi connectivity index (χ1) is 10.8. The molecule has 2 unspecified atom stereocenters. The van der Waals surface area contributed by atoms with Crippen molar-refractivity contribution < 1.29 is 9.50 Å². The Labute approximate surface area is 141 Å². The molecular formula is C19H24FNOS. The molecule has 23 heavy (non-hydrogen) atoms. The summed E-state index contributed by atoms with van der Waals surface area (Å²) >= 11 is 1.56. The smallest absolute Gasteiger partial charge is 0.124 e. The molecule has 4 heteroatoms. The summed E-state index contributed by atoms with van der Waals surface area (Å²) in [5.74, 6) is -0.234. The highest BCUT2D eigenvalue weighted by molar-refractivity contribution is 7.10. The van der Waals surface area contributed by atoms with Gasteiger partial charge in [-0.05, 0) is 55.7 Å². The third-order valence-electron chi connectivity index (χ3n) is 4.10. The molecule has 0 saturated heterocycles. The maximum absolute atomic E-state index is 13.1. The van der Waals surface area contributed by atoms with Gasteiger partial charge in [0.25, 0.3) is 0 Å². The largest absolute Gasteiger partial charge is 0.380 e. The van der Waals surface area contributed by atoms with Crippen LogP contribution < -0.4 is 0 Å². The van der Waals surface area contributed by atoms with Gasteiger partial charge in [-0.1, -0.05) is 31.2 Å². The molecular weight excluding hydrogens is 309 g/mol. The molecule has 1 aromatic heterocycles. The van der Waals surface area contributed by atoms with Gasteiger partial charge >= 0.3 is 0 Å². The molecule has 2 atom stereocenters. The Hall–Kier alpha value is -1.49. The van der Waals surface area contributed by atoms with Crippen molar-refractivity contribution in [1.82, 2.24) is 4.90 Å². The van der Waals surface area contributed by atoms with E-state index >= 15 is 0 Å². The van der Waals surface area contributed by atoms with Crippen LogP contribution in [0.2, 0.25) is 0 Å². The van der Waals surface area contributed by atoms with Crippen molar-refractivity contribution in [2.45, 2.75) is 19.4 Å². The fourth-order valence-corrected chi connectivity index (χ4v) is 3.92. The van der Waals surface area contributed by atoms with Gasteiger partial charge in [0.05, 0.1) is 0 Å². The van der Waals surface area contributed by atoms with Gasteiger partial charge in [-0.15, -0.1) is 11.3 Å². The van der Waals surface area contributed by atoms with E-state index in [-0.39, 0.29) is 11.7 Å². The molecule has 1 aromatic carbocycles. The lowest BCUT2D eigenvalue weighted by molar-refractivity contribution is 0.0138. The topological polar surface area (TPSA) is 23.5 Å². The minimum absolute atomic E-state index is 0.0212. The van der Waals surface area contributed by atoms with Crippen molar-refractivity contribution in [3.8, 4) is 0 Å². The molecule has 0 amide bonds. The van der Waals surface area contributed by atoms with Gasteiger partial charge in [0.1, 0.15) is 11.4 Å². The first-order valence-electron chi connectivity index (χ1n) is 7.69. The number of benzene rings is 1. The van der Waals surface area contributed by atoms with E-state index in [0.717, 1.165) is 22.6 Å². The number of rotatable bonds is 6. The molecule has 0 aliphatic carbocycles. The highest BCUT2D eigenvalue weighted by Crippen LogP contribution is 2.40. The zero-order valence-corrected chi connectivity index (χ0v) is 14.9. The SMILES string of the molecule is C/C(=C\c1ccc(F)cc1)C(O)(c1cccs1)C(C)CN(C)C. The molecule has 2 aromatic rings. The van der Waals surface area contributed by atoms with Gasteiger partial charge in [-0.3, -0.25) is 0 Å². The lowest BCUT2D eigenvalue weighted by Gasteiger charge is -2.36. The highest BCUT2D eigenvalue weighted by atomic mass is 32.1. The maximum atomic E-state index is 13.1. The van der Waals surface area contributed by atoms with Crippen molar-refractivity contribution in [3.63, 3.8) is 0 Å². The predicted octanol–water partition coefficient (Wildman–Crippen LogP) is 4.38. The number of hydrogen-bond donors (Lipinski definition) is 1. The second-order valence-corrected chi connectivity index (χ2v) is 7.23. The fourth-order valence-electron chi connectivity index (χ4n) is 2.92. The molecule has 0 fully saturated rings. The first-order valence-corrected chi connectivity index (χ1v) is 8.57. The van der Waals surface area contributed by atoms with Crippen LogP contribution in [0.1, 0.15) is 24.3 Å². The molecule has 2 rings (SSSR count). The van der Waals surface area contributed by atoms with Crippen LogP contribution in [0.15, 0.2) is 47.4 Å². The molecule has 0 radical (unpaired) electrons. The maximum Gasteiger partial charge on any atom is 0.124 e. The van der Waals surface area contributed by atoms with Crippen LogP contribution in [0.3, 0.4) is 0 Å². The standard InChI is InChI=1S/C19H24FNOS/c1-14(12-16-7-9-17(20)10-8-16)19(22,15(2)13-21(3)4)18-6-5-11-23-18/h5-12,15,22H,13H2,1-4H3/b14-12+. The van der Waals surface area contributed by atoms with Crippen molar-refractivity contribution in [2.24, 2.45) is 5.92 Å². The first kappa shape index (κ1) is 17.9. The van der Waals surface area contributed by atoms with Crippen molar-refractivity contribution in [2.75, 3.05) is 20.6 Å². The fraction of sp³-hybridized carbons (Fsp3) is 0.368. The zero-order chi connectivity index (χ0) is 17.0. The number of thiophene rings is 1. The summed E-state index contributed by atoms with van der Waals surface area (Å²) in [6, 6.07) is 10.3. The number of hydrogen-bond acceptors (Lipinski definition) is 3. The van der Waals surface area contributed by atoms with E-state index in [2.05, 4.69) is 11.8 Å². The van der Waals surface area contributed by atoms with Gasteiger partial charge in [0, 0.05) is 17.3 Å². The number of aliphatic hydroxyl groups is 1. The van der Waals surface area contributed by atoms with Crippen LogP contribution in [0.25, 0.3) is 6.08 Å². The van der Waals surface area contributed by atoms with E-state index in [1.54, 1.807) is 23.5 Å². The van der Waals surface area contributed by atoms with Crippen LogP contribution in [0.5, 0.6) is 0 Å². The average molecular weight is 333 g/mol. The second kappa shape index (κ2) is 7.39. The van der Waals surface area contributed by atoms with E-state index in [1.807, 2.05) is 44.6 Å². The van der Waals surface area contributed by atoms with Gasteiger partial charge in [0.2, 0.25) is 0 Å². The van der Waals surface area contributed by atoms with Gasteiger partial charge in [0.15, 0.2) is 0 Å². The Morgan fingerprint density at radius 2 is 1.96 bits per heavy atom. The highest BCUT2D eigenvalue weighted by Gasteiger charge is 2.38. The van der Waals surface area contributed by atoms with Crippen LogP contribution >= 0.6 is 11.3 Å². The lowest BCUT2D eigenvalue weighted by Crippen LogP contribution is -2.39. The molecule has 0 bridgehead atoms. The Kier molecular flexibility index (Phi) is 5.74. The normalized spacial score (nSPS) is 16.4. The lowest BCUT2D eigenvalue weighted by atomic mass is 9.80. The second-order valence-electron chi connectivity index (χ2n) is 6.29. The molecule has 1 N–H and O–H groups in total. The molecule has 124 valence electrons. The van der Waals surface area contributed by atoms with Crippen LogP contribution in [-0.4, -0.2) is 30.6 Å². The van der Waals surface area contributed by atoms with Crippen LogP contribution in [-0.2, 0) is 5.60 Å². The summed E-state index contributed by atoms with van der Waals surface area (Å²) in [5, 5.41) is 13.5. The molecule has 0 aliphatic heterocycles. The van der Waals surface area contributed by atoms with Crippen LogP contribution in [0.4, 0.5) is 4.39 Å². The van der Waals surface area contributed by atoms with Gasteiger partial charge in [-0.2, -0.15) is 0 Å². The summed E-state index contributed by atoms with van der Waals surface area (Å²) in [5.41, 5.74) is 0.712. The summed E-state index contributed by atoms with van der Waals surface area (Å²) < 4.78 is 13.1. The predicted molar refractivity (Wildman–Crippen MR) is 96.0 cm³/mol. The van der Waals surface area contributed by atoms with E-state index < -0.39 is 5.60 Å².